The fraction of sp³-hybridized carbons (Fsp3) is 0.583. The first-order chi connectivity index (χ1) is 12.2. The monoisotopic (exact) mass is 340 g/mol. The fourth-order valence-corrected chi connectivity index (χ4v) is 3.78. The van der Waals surface area contributed by atoms with Crippen LogP contribution in [0.2, 0.25) is 0 Å². The lowest BCUT2D eigenvalue weighted by Crippen LogP contribution is -2.12. The zero-order valence-corrected chi connectivity index (χ0v) is 16.0. The zero-order chi connectivity index (χ0) is 17.9. The van der Waals surface area contributed by atoms with Crippen LogP contribution in [0.25, 0.3) is 0 Å². The van der Waals surface area contributed by atoms with Crippen LogP contribution >= 0.6 is 0 Å². The first-order valence-corrected chi connectivity index (χ1v) is 10.2. The van der Waals surface area contributed by atoms with Crippen LogP contribution in [-0.4, -0.2) is 0 Å². The topological polar surface area (TPSA) is 0 Å². The van der Waals surface area contributed by atoms with E-state index in [1.807, 2.05) is 18.2 Å². The highest BCUT2D eigenvalue weighted by atomic mass is 19.1. The maximum absolute atomic E-state index is 14.1. The lowest BCUT2D eigenvalue weighted by atomic mass is 9.80. The SMILES string of the molecule is CCCCCc1ccc(C#CC=C[C@H]2CC[C@H](CCC)CC2)c(F)c1. The van der Waals surface area contributed by atoms with Crippen molar-refractivity contribution in [2.24, 2.45) is 11.8 Å². The second-order valence-electron chi connectivity index (χ2n) is 7.47. The van der Waals surface area contributed by atoms with E-state index in [1.54, 1.807) is 6.07 Å². The van der Waals surface area contributed by atoms with Crippen LogP contribution in [0.15, 0.2) is 30.4 Å². The highest BCUT2D eigenvalue weighted by molar-refractivity contribution is 5.39. The van der Waals surface area contributed by atoms with Crippen molar-refractivity contribution in [2.75, 3.05) is 0 Å². The summed E-state index contributed by atoms with van der Waals surface area (Å²) in [6.45, 7) is 4.46. The number of halogens is 1. The molecule has 0 amide bonds. The Bertz CT molecular complexity index is 594. The fourth-order valence-electron chi connectivity index (χ4n) is 3.78. The molecule has 1 aromatic rings. The van der Waals surface area contributed by atoms with Gasteiger partial charge in [-0.15, -0.1) is 0 Å². The van der Waals surface area contributed by atoms with Crippen molar-refractivity contribution >= 4 is 0 Å². The molecule has 2 rings (SSSR count). The van der Waals surface area contributed by atoms with Crippen LogP contribution in [0.5, 0.6) is 0 Å². The van der Waals surface area contributed by atoms with Crippen LogP contribution in [0, 0.1) is 29.5 Å². The smallest absolute Gasteiger partial charge is 0.139 e. The minimum absolute atomic E-state index is 0.185. The number of aryl methyl sites for hydroxylation is 1. The number of benzene rings is 1. The van der Waals surface area contributed by atoms with Gasteiger partial charge in [0.15, 0.2) is 0 Å². The highest BCUT2D eigenvalue weighted by Crippen LogP contribution is 2.32. The molecule has 1 saturated carbocycles. The second-order valence-corrected chi connectivity index (χ2v) is 7.47. The molecule has 0 spiro atoms. The van der Waals surface area contributed by atoms with Gasteiger partial charge in [0.1, 0.15) is 5.82 Å². The summed E-state index contributed by atoms with van der Waals surface area (Å²) in [7, 11) is 0. The van der Waals surface area contributed by atoms with E-state index in [9.17, 15) is 4.39 Å². The molecule has 136 valence electrons. The minimum atomic E-state index is -0.185. The van der Waals surface area contributed by atoms with Crippen LogP contribution < -0.4 is 0 Å². The largest absolute Gasteiger partial charge is 0.206 e. The van der Waals surface area contributed by atoms with Gasteiger partial charge in [-0.3, -0.25) is 0 Å². The molecule has 0 aromatic heterocycles. The van der Waals surface area contributed by atoms with Gasteiger partial charge < -0.3 is 0 Å². The number of hydrogen-bond donors (Lipinski definition) is 0. The third-order valence-corrected chi connectivity index (χ3v) is 5.35. The number of allylic oxidation sites excluding steroid dienone is 2. The molecule has 0 N–H and O–H groups in total. The van der Waals surface area contributed by atoms with E-state index in [2.05, 4.69) is 31.8 Å². The van der Waals surface area contributed by atoms with Gasteiger partial charge in [-0.1, -0.05) is 63.5 Å². The van der Waals surface area contributed by atoms with Gasteiger partial charge in [0.25, 0.3) is 0 Å². The molecular formula is C24H33F. The Hall–Kier alpha value is -1.55. The molecule has 1 heteroatoms. The predicted molar refractivity (Wildman–Crippen MR) is 106 cm³/mol. The third kappa shape index (κ3) is 7.07. The average molecular weight is 341 g/mol. The third-order valence-electron chi connectivity index (χ3n) is 5.35. The number of rotatable bonds is 7. The van der Waals surface area contributed by atoms with Gasteiger partial charge in [-0.25, -0.2) is 4.39 Å². The Morgan fingerprint density at radius 3 is 2.56 bits per heavy atom. The molecule has 1 fully saturated rings. The van der Waals surface area contributed by atoms with Crippen molar-refractivity contribution in [1.29, 1.82) is 0 Å². The second kappa shape index (κ2) is 11.1. The van der Waals surface area contributed by atoms with E-state index < -0.39 is 0 Å². The Balaban J connectivity index is 1.82. The van der Waals surface area contributed by atoms with E-state index in [1.165, 1.54) is 51.4 Å². The molecule has 0 unspecified atom stereocenters. The van der Waals surface area contributed by atoms with Gasteiger partial charge in [0.05, 0.1) is 5.56 Å². The van der Waals surface area contributed by atoms with Crippen molar-refractivity contribution in [3.63, 3.8) is 0 Å². The Labute approximate surface area is 153 Å². The molecule has 0 radical (unpaired) electrons. The zero-order valence-electron chi connectivity index (χ0n) is 16.0. The highest BCUT2D eigenvalue weighted by Gasteiger charge is 2.18. The molecule has 1 aliphatic rings. The molecule has 0 aliphatic heterocycles. The van der Waals surface area contributed by atoms with Crippen LogP contribution in [0.4, 0.5) is 4.39 Å². The van der Waals surface area contributed by atoms with Gasteiger partial charge in [-0.2, -0.15) is 0 Å². The summed E-state index contributed by atoms with van der Waals surface area (Å²) in [4.78, 5) is 0. The van der Waals surface area contributed by atoms with Crippen molar-refractivity contribution < 1.29 is 4.39 Å². The number of unbranched alkanes of at least 4 members (excludes halogenated alkanes) is 2. The van der Waals surface area contributed by atoms with E-state index in [4.69, 9.17) is 0 Å². The molecule has 0 heterocycles. The van der Waals surface area contributed by atoms with Crippen molar-refractivity contribution in [3.05, 3.63) is 47.3 Å². The molecule has 0 nitrogen and oxygen atoms in total. The van der Waals surface area contributed by atoms with Gasteiger partial charge in [-0.05, 0) is 74.1 Å². The summed E-state index contributed by atoms with van der Waals surface area (Å²) in [5.74, 6) is 7.40. The molecule has 0 saturated heterocycles. The van der Waals surface area contributed by atoms with Crippen LogP contribution in [-0.2, 0) is 6.42 Å². The first kappa shape index (κ1) is 19.8. The lowest BCUT2D eigenvalue weighted by molar-refractivity contribution is 0.294. The van der Waals surface area contributed by atoms with Gasteiger partial charge in [0.2, 0.25) is 0 Å². The van der Waals surface area contributed by atoms with Gasteiger partial charge >= 0.3 is 0 Å². The molecule has 25 heavy (non-hydrogen) atoms. The maximum atomic E-state index is 14.1. The summed E-state index contributed by atoms with van der Waals surface area (Å²) < 4.78 is 14.1. The van der Waals surface area contributed by atoms with Crippen LogP contribution in [0.3, 0.4) is 0 Å². The standard InChI is InChI=1S/C24H33F/c1-3-5-6-11-22-17-18-23(24(25)19-22)12-8-7-10-21-15-13-20(9-4-2)14-16-21/h7,10,17-21H,3-6,9,11,13-16H2,1-2H3/t20-,21-. The Morgan fingerprint density at radius 2 is 1.88 bits per heavy atom. The summed E-state index contributed by atoms with van der Waals surface area (Å²) in [6, 6.07) is 5.49. The summed E-state index contributed by atoms with van der Waals surface area (Å²) in [5, 5.41) is 0. The van der Waals surface area contributed by atoms with E-state index in [0.717, 1.165) is 24.3 Å². The van der Waals surface area contributed by atoms with E-state index >= 15 is 0 Å². The lowest BCUT2D eigenvalue weighted by Gasteiger charge is -2.26. The summed E-state index contributed by atoms with van der Waals surface area (Å²) in [5.41, 5.74) is 1.59. The minimum Gasteiger partial charge on any atom is -0.206 e. The number of hydrogen-bond acceptors (Lipinski definition) is 0. The van der Waals surface area contributed by atoms with Crippen LogP contribution in [0.1, 0.15) is 82.8 Å². The predicted octanol–water partition coefficient (Wildman–Crippen LogP) is 7.07. The first-order valence-electron chi connectivity index (χ1n) is 10.2. The van der Waals surface area contributed by atoms with E-state index in [0.29, 0.717) is 11.5 Å². The molecule has 1 aliphatic carbocycles. The van der Waals surface area contributed by atoms with Gasteiger partial charge in [0, 0.05) is 0 Å². The molecule has 0 bridgehead atoms. The van der Waals surface area contributed by atoms with Crippen molar-refractivity contribution in [1.82, 2.24) is 0 Å². The van der Waals surface area contributed by atoms with Crippen molar-refractivity contribution in [2.45, 2.75) is 78.1 Å². The quantitative estimate of drug-likeness (QED) is 0.368. The average Bonchev–Trinajstić information content (AvgIpc) is 2.62. The normalized spacial score (nSPS) is 20.4. The Kier molecular flexibility index (Phi) is 8.81. The Morgan fingerprint density at radius 1 is 1.08 bits per heavy atom. The molecule has 0 atom stereocenters. The molecular weight excluding hydrogens is 307 g/mol. The summed E-state index contributed by atoms with van der Waals surface area (Å²) >= 11 is 0. The maximum Gasteiger partial charge on any atom is 0.139 e. The molecule has 1 aromatic carbocycles. The summed E-state index contributed by atoms with van der Waals surface area (Å²) in [6.07, 6.45) is 16.6. The van der Waals surface area contributed by atoms with E-state index in [-0.39, 0.29) is 5.82 Å². The van der Waals surface area contributed by atoms with Crippen molar-refractivity contribution in [3.8, 4) is 11.8 Å².